The summed E-state index contributed by atoms with van der Waals surface area (Å²) in [5.41, 5.74) is 0.974. The Morgan fingerprint density at radius 1 is 1.38 bits per heavy atom. The Labute approximate surface area is 95.8 Å². The summed E-state index contributed by atoms with van der Waals surface area (Å²) in [7, 11) is 0. The Bertz CT molecular complexity index is 325. The van der Waals surface area contributed by atoms with E-state index in [2.05, 4.69) is 5.32 Å². The van der Waals surface area contributed by atoms with E-state index >= 15 is 0 Å². The maximum absolute atomic E-state index is 11.3. The van der Waals surface area contributed by atoms with Gasteiger partial charge < -0.3 is 10.5 Å². The lowest BCUT2D eigenvalue weighted by atomic mass is 10.2. The fraction of sp³-hybridized carbons (Fsp3) is 0.417. The van der Waals surface area contributed by atoms with Crippen LogP contribution in [0.25, 0.3) is 0 Å². The quantitative estimate of drug-likeness (QED) is 0.740. The molecule has 4 heteroatoms. The van der Waals surface area contributed by atoms with E-state index < -0.39 is 0 Å². The first kappa shape index (κ1) is 12.7. The molecule has 2 N–H and O–H groups in total. The molecule has 0 aliphatic rings. The van der Waals surface area contributed by atoms with E-state index in [-0.39, 0.29) is 18.5 Å². The minimum Gasteiger partial charge on any atom is -0.353 e. The molecule has 1 amide bonds. The van der Waals surface area contributed by atoms with Crippen LogP contribution < -0.4 is 5.32 Å². The summed E-state index contributed by atoms with van der Waals surface area (Å²) in [6.45, 7) is 4.12. The number of carbonyl (C=O) groups excluding carboxylic acids is 1. The van der Waals surface area contributed by atoms with Crippen molar-refractivity contribution >= 4 is 5.91 Å². The van der Waals surface area contributed by atoms with Gasteiger partial charge in [-0.15, -0.1) is 0 Å². The van der Waals surface area contributed by atoms with Crippen LogP contribution in [-0.2, 0) is 11.3 Å². The number of hydrogen-bond acceptors (Lipinski definition) is 3. The molecule has 1 aromatic carbocycles. The van der Waals surface area contributed by atoms with E-state index in [0.717, 1.165) is 10.6 Å². The van der Waals surface area contributed by atoms with Crippen molar-refractivity contribution in [3.63, 3.8) is 0 Å². The van der Waals surface area contributed by atoms with Crippen LogP contribution in [0, 0.1) is 0 Å². The molecule has 1 rings (SSSR count). The molecule has 0 aliphatic carbocycles. The third-order valence-electron chi connectivity index (χ3n) is 1.98. The molecule has 0 bridgehead atoms. The molecule has 0 atom stereocenters. The van der Waals surface area contributed by atoms with Gasteiger partial charge in [-0.2, -0.15) is 5.06 Å². The highest BCUT2D eigenvalue weighted by Crippen LogP contribution is 2.01. The second-order valence-corrected chi connectivity index (χ2v) is 4.03. The smallest absolute Gasteiger partial charge is 0.236 e. The van der Waals surface area contributed by atoms with Gasteiger partial charge in [0.05, 0.1) is 0 Å². The predicted molar refractivity (Wildman–Crippen MR) is 61.9 cm³/mol. The highest BCUT2D eigenvalue weighted by Gasteiger charge is 2.09. The lowest BCUT2D eigenvalue weighted by Gasteiger charge is -2.15. The van der Waals surface area contributed by atoms with Crippen LogP contribution in [0.1, 0.15) is 19.4 Å². The van der Waals surface area contributed by atoms with Crippen LogP contribution >= 0.6 is 0 Å². The molecule has 16 heavy (non-hydrogen) atoms. The standard InChI is InChI=1S/C12H18N2O2/c1-10(2)13-12(15)9-14(16)8-11-6-4-3-5-7-11/h3-7,10,16H,8-9H2,1-2H3,(H,13,15). The van der Waals surface area contributed by atoms with Gasteiger partial charge in [0, 0.05) is 12.6 Å². The third kappa shape index (κ3) is 4.91. The molecule has 0 unspecified atom stereocenters. The normalized spacial score (nSPS) is 10.8. The molecular weight excluding hydrogens is 204 g/mol. The highest BCUT2D eigenvalue weighted by molar-refractivity contribution is 5.78. The Morgan fingerprint density at radius 2 is 2.00 bits per heavy atom. The fourth-order valence-electron chi connectivity index (χ4n) is 1.38. The number of benzene rings is 1. The first-order chi connectivity index (χ1) is 7.58. The van der Waals surface area contributed by atoms with Gasteiger partial charge in [-0.3, -0.25) is 4.79 Å². The van der Waals surface area contributed by atoms with E-state index in [1.165, 1.54) is 0 Å². The average Bonchev–Trinajstić information content (AvgIpc) is 2.17. The van der Waals surface area contributed by atoms with E-state index in [0.29, 0.717) is 6.54 Å². The number of nitrogens with one attached hydrogen (secondary N) is 1. The number of nitrogens with zero attached hydrogens (tertiary/aromatic N) is 1. The maximum atomic E-state index is 11.3. The number of hydrogen-bond donors (Lipinski definition) is 2. The Balaban J connectivity index is 2.36. The maximum Gasteiger partial charge on any atom is 0.236 e. The van der Waals surface area contributed by atoms with Crippen molar-refractivity contribution in [3.05, 3.63) is 35.9 Å². The fourth-order valence-corrected chi connectivity index (χ4v) is 1.38. The summed E-state index contributed by atoms with van der Waals surface area (Å²) in [6.07, 6.45) is 0. The zero-order chi connectivity index (χ0) is 12.0. The van der Waals surface area contributed by atoms with Gasteiger partial charge in [-0.25, -0.2) is 0 Å². The summed E-state index contributed by atoms with van der Waals surface area (Å²) in [5.74, 6) is -0.173. The van der Waals surface area contributed by atoms with Crippen molar-refractivity contribution in [2.24, 2.45) is 0 Å². The third-order valence-corrected chi connectivity index (χ3v) is 1.98. The van der Waals surface area contributed by atoms with Crippen molar-refractivity contribution in [2.75, 3.05) is 6.54 Å². The van der Waals surface area contributed by atoms with E-state index in [9.17, 15) is 10.0 Å². The molecule has 0 fully saturated rings. The molecule has 88 valence electrons. The van der Waals surface area contributed by atoms with Crippen LogP contribution in [0.2, 0.25) is 0 Å². The van der Waals surface area contributed by atoms with Crippen LogP contribution in [0.5, 0.6) is 0 Å². The van der Waals surface area contributed by atoms with Crippen LogP contribution in [0.15, 0.2) is 30.3 Å². The second kappa shape index (κ2) is 6.25. The van der Waals surface area contributed by atoms with Crippen molar-refractivity contribution in [2.45, 2.75) is 26.4 Å². The summed E-state index contributed by atoms with van der Waals surface area (Å²) in [6, 6.07) is 9.62. The van der Waals surface area contributed by atoms with E-state index in [4.69, 9.17) is 0 Å². The SMILES string of the molecule is CC(C)NC(=O)CN(O)Cc1ccccc1. The van der Waals surface area contributed by atoms with Crippen molar-refractivity contribution in [1.82, 2.24) is 10.4 Å². The summed E-state index contributed by atoms with van der Waals surface area (Å²) in [5, 5.41) is 13.3. The zero-order valence-electron chi connectivity index (χ0n) is 9.68. The zero-order valence-corrected chi connectivity index (χ0v) is 9.68. The topological polar surface area (TPSA) is 52.6 Å². The molecule has 0 aliphatic heterocycles. The van der Waals surface area contributed by atoms with Crippen molar-refractivity contribution in [3.8, 4) is 0 Å². The van der Waals surface area contributed by atoms with Gasteiger partial charge in [0.1, 0.15) is 6.54 Å². The van der Waals surface area contributed by atoms with Gasteiger partial charge in [0.25, 0.3) is 0 Å². The van der Waals surface area contributed by atoms with E-state index in [1.807, 2.05) is 44.2 Å². The average molecular weight is 222 g/mol. The second-order valence-electron chi connectivity index (χ2n) is 4.03. The first-order valence-electron chi connectivity index (χ1n) is 5.35. The Morgan fingerprint density at radius 3 is 2.56 bits per heavy atom. The lowest BCUT2D eigenvalue weighted by Crippen LogP contribution is -2.38. The number of hydroxylamine groups is 2. The predicted octanol–water partition coefficient (Wildman–Crippen LogP) is 1.40. The van der Waals surface area contributed by atoms with Crippen molar-refractivity contribution < 1.29 is 10.0 Å². The summed E-state index contributed by atoms with van der Waals surface area (Å²) in [4.78, 5) is 11.3. The monoisotopic (exact) mass is 222 g/mol. The molecule has 0 spiro atoms. The molecule has 4 nitrogen and oxygen atoms in total. The summed E-state index contributed by atoms with van der Waals surface area (Å²) >= 11 is 0. The number of amides is 1. The van der Waals surface area contributed by atoms with E-state index in [1.54, 1.807) is 0 Å². The van der Waals surface area contributed by atoms with Gasteiger partial charge in [0.2, 0.25) is 5.91 Å². The molecule has 0 aromatic heterocycles. The minimum absolute atomic E-state index is 0.00687. The van der Waals surface area contributed by atoms with Gasteiger partial charge in [-0.1, -0.05) is 30.3 Å². The van der Waals surface area contributed by atoms with Crippen molar-refractivity contribution in [1.29, 1.82) is 0 Å². The number of carbonyl (C=O) groups is 1. The van der Waals surface area contributed by atoms with Gasteiger partial charge >= 0.3 is 0 Å². The molecule has 0 saturated carbocycles. The Hall–Kier alpha value is -1.39. The summed E-state index contributed by atoms with van der Waals surface area (Å²) < 4.78 is 0. The van der Waals surface area contributed by atoms with Crippen LogP contribution in [0.3, 0.4) is 0 Å². The highest BCUT2D eigenvalue weighted by atomic mass is 16.5. The van der Waals surface area contributed by atoms with Gasteiger partial charge in [0.15, 0.2) is 0 Å². The first-order valence-corrected chi connectivity index (χ1v) is 5.35. The lowest BCUT2D eigenvalue weighted by molar-refractivity contribution is -0.140. The largest absolute Gasteiger partial charge is 0.353 e. The van der Waals surface area contributed by atoms with Crippen LogP contribution in [0.4, 0.5) is 0 Å². The molecule has 0 heterocycles. The van der Waals surface area contributed by atoms with Gasteiger partial charge in [-0.05, 0) is 19.4 Å². The Kier molecular flexibility index (Phi) is 4.95. The molecule has 1 aromatic rings. The molecule has 0 radical (unpaired) electrons. The molecule has 0 saturated heterocycles. The van der Waals surface area contributed by atoms with Crippen LogP contribution in [-0.4, -0.2) is 28.8 Å². The minimum atomic E-state index is -0.173. The number of rotatable bonds is 5. The molecular formula is C12H18N2O2.